The van der Waals surface area contributed by atoms with Crippen molar-refractivity contribution in [2.45, 2.75) is 42.0 Å². The van der Waals surface area contributed by atoms with Gasteiger partial charge in [0.15, 0.2) is 0 Å². The van der Waals surface area contributed by atoms with Crippen molar-refractivity contribution in [3.05, 3.63) is 51.3 Å². The first-order valence-electron chi connectivity index (χ1n) is 7.69. The quantitative estimate of drug-likeness (QED) is 0.276. The maximum Gasteiger partial charge on any atom is 0.457 e. The van der Waals surface area contributed by atoms with E-state index in [1.165, 1.54) is 0 Å². The zero-order valence-electron chi connectivity index (χ0n) is 14.3. The maximum atomic E-state index is 14.8. The molecule has 31 heavy (non-hydrogen) atoms. The molecule has 0 spiro atoms. The highest BCUT2D eigenvalue weighted by atomic mass is 79.9. The lowest BCUT2D eigenvalue weighted by Crippen LogP contribution is -2.63. The van der Waals surface area contributed by atoms with Crippen LogP contribution in [0, 0.1) is 0 Å². The Hall–Kier alpha value is -1.44. The molecule has 1 nitrogen and oxygen atoms in total. The number of hydrogen-bond acceptors (Lipinski definition) is 1. The summed E-state index contributed by atoms with van der Waals surface area (Å²) in [4.78, 5) is 3.32. The summed E-state index contributed by atoms with van der Waals surface area (Å²) >= 11 is 7.99. The molecular weight excluding hydrogens is 550 g/mol. The molecule has 0 aromatic carbocycles. The monoisotopic (exact) mass is 555 g/mol. The molecule has 0 amide bonds. The molecule has 1 aromatic heterocycles. The van der Waals surface area contributed by atoms with Crippen molar-refractivity contribution in [1.29, 1.82) is 0 Å². The number of allylic oxidation sites excluding steroid dienone is 4. The van der Waals surface area contributed by atoms with Gasteiger partial charge in [0.2, 0.25) is 0 Å². The third-order valence-corrected chi connectivity index (χ3v) is 5.29. The smallest absolute Gasteiger partial charge is 0.244 e. The van der Waals surface area contributed by atoms with Crippen LogP contribution in [0.5, 0.6) is 0 Å². The van der Waals surface area contributed by atoms with E-state index >= 15 is 0 Å². The summed E-state index contributed by atoms with van der Waals surface area (Å²) < 4.78 is 162. The number of aromatic nitrogens is 1. The number of nitrogens with zero attached hydrogens (tertiary/aromatic N) is 1. The van der Waals surface area contributed by atoms with Gasteiger partial charge in [0.1, 0.15) is 10.6 Å². The molecular formula is C16H7BrClF12N. The van der Waals surface area contributed by atoms with Crippen LogP contribution in [-0.2, 0) is 5.41 Å². The van der Waals surface area contributed by atoms with Crippen molar-refractivity contribution in [2.75, 3.05) is 0 Å². The average Bonchev–Trinajstić information content (AvgIpc) is 2.57. The minimum absolute atomic E-state index is 0.193. The lowest BCUT2D eigenvalue weighted by Gasteiger charge is -2.42. The predicted octanol–water partition coefficient (Wildman–Crippen LogP) is 7.61. The molecule has 0 fully saturated rings. The minimum atomic E-state index is -7.14. The molecule has 0 N–H and O–H groups in total. The fourth-order valence-electron chi connectivity index (χ4n) is 2.99. The topological polar surface area (TPSA) is 12.9 Å². The molecule has 1 heterocycles. The van der Waals surface area contributed by atoms with Crippen LogP contribution < -0.4 is 0 Å². The van der Waals surface area contributed by atoms with Crippen LogP contribution in [0.2, 0.25) is 5.15 Å². The second kappa shape index (κ2) is 7.56. The Morgan fingerprint density at radius 1 is 0.903 bits per heavy atom. The van der Waals surface area contributed by atoms with Crippen LogP contribution in [0.3, 0.4) is 0 Å². The Labute approximate surface area is 178 Å². The van der Waals surface area contributed by atoms with E-state index in [2.05, 4.69) is 20.9 Å². The second-order valence-electron chi connectivity index (χ2n) is 6.41. The summed E-state index contributed by atoms with van der Waals surface area (Å²) in [5, 5.41) is -0.934. The van der Waals surface area contributed by atoms with Crippen molar-refractivity contribution in [3.63, 3.8) is 0 Å². The van der Waals surface area contributed by atoms with Gasteiger partial charge in [-0.05, 0) is 16.6 Å². The van der Waals surface area contributed by atoms with E-state index in [0.29, 0.717) is 6.07 Å². The number of hydrogen-bond donors (Lipinski definition) is 0. The molecule has 0 bridgehead atoms. The predicted molar refractivity (Wildman–Crippen MR) is 87.6 cm³/mol. The molecule has 1 aliphatic rings. The molecule has 2 unspecified atom stereocenters. The van der Waals surface area contributed by atoms with Gasteiger partial charge < -0.3 is 0 Å². The first-order chi connectivity index (χ1) is 13.7. The van der Waals surface area contributed by atoms with Gasteiger partial charge >= 0.3 is 30.1 Å². The molecule has 0 saturated carbocycles. The average molecular weight is 557 g/mol. The number of pyridine rings is 1. The van der Waals surface area contributed by atoms with Gasteiger partial charge in [0, 0.05) is 23.8 Å². The number of alkyl halides is 12. The fraction of sp³-hybridized carbons (Fsp3) is 0.438. The van der Waals surface area contributed by atoms with Crippen molar-refractivity contribution in [3.8, 4) is 0 Å². The highest BCUT2D eigenvalue weighted by molar-refractivity contribution is 9.11. The Morgan fingerprint density at radius 2 is 1.45 bits per heavy atom. The first-order valence-corrected chi connectivity index (χ1v) is 8.87. The van der Waals surface area contributed by atoms with E-state index in [1.54, 1.807) is 0 Å². The van der Waals surface area contributed by atoms with Crippen molar-refractivity contribution in [1.82, 2.24) is 4.98 Å². The van der Waals surface area contributed by atoms with E-state index in [0.717, 1.165) is 12.3 Å². The summed E-state index contributed by atoms with van der Waals surface area (Å²) in [6, 6.07) is 1.49. The van der Waals surface area contributed by atoms with E-state index in [-0.39, 0.29) is 6.08 Å². The summed E-state index contributed by atoms with van der Waals surface area (Å²) in [6.07, 6.45) is -20.9. The summed E-state index contributed by atoms with van der Waals surface area (Å²) in [6.45, 7) is 0. The molecule has 0 saturated heterocycles. The molecule has 0 aliphatic heterocycles. The van der Waals surface area contributed by atoms with Gasteiger partial charge in [-0.25, -0.2) is 9.37 Å². The van der Waals surface area contributed by atoms with E-state index in [4.69, 9.17) is 11.6 Å². The van der Waals surface area contributed by atoms with Crippen molar-refractivity contribution < 1.29 is 52.7 Å². The van der Waals surface area contributed by atoms with Crippen molar-refractivity contribution in [2.24, 2.45) is 0 Å². The van der Waals surface area contributed by atoms with Crippen LogP contribution >= 0.6 is 27.5 Å². The molecule has 1 aliphatic carbocycles. The lowest BCUT2D eigenvalue weighted by molar-refractivity contribution is -0.372. The van der Waals surface area contributed by atoms with Gasteiger partial charge in [-0.3, -0.25) is 0 Å². The van der Waals surface area contributed by atoms with Gasteiger partial charge in [-0.1, -0.05) is 39.7 Å². The number of halogens is 14. The van der Waals surface area contributed by atoms with Crippen LogP contribution in [0.1, 0.15) is 12.0 Å². The summed E-state index contributed by atoms with van der Waals surface area (Å²) in [7, 11) is 0. The number of rotatable bonds is 3. The van der Waals surface area contributed by atoms with E-state index in [1.807, 2.05) is 0 Å². The zero-order chi connectivity index (χ0) is 24.3. The highest BCUT2D eigenvalue weighted by Gasteiger charge is 2.82. The molecule has 1 aromatic rings. The molecule has 2 atom stereocenters. The summed E-state index contributed by atoms with van der Waals surface area (Å²) in [5.74, 6) is -7.14. The zero-order valence-corrected chi connectivity index (χ0v) is 16.7. The third kappa shape index (κ3) is 3.93. The lowest BCUT2D eigenvalue weighted by atomic mass is 9.70. The fourth-order valence-corrected chi connectivity index (χ4v) is 3.96. The second-order valence-corrected chi connectivity index (χ2v) is 7.78. The van der Waals surface area contributed by atoms with Crippen LogP contribution in [-0.4, -0.2) is 35.1 Å². The molecule has 174 valence electrons. The maximum absolute atomic E-state index is 14.8. The van der Waals surface area contributed by atoms with Gasteiger partial charge in [0.05, 0.1) is 0 Å². The summed E-state index contributed by atoms with van der Waals surface area (Å²) in [5.41, 5.74) is -13.9. The SMILES string of the molecule is FC(F)(F)C1(c2cccnc2Cl)C=C(C(F)(C(F)(F)F)C(F)(F)C(F)(F)F)C=C(Br)C1. The normalized spacial score (nSPS) is 23.2. The first kappa shape index (κ1) is 25.8. The Morgan fingerprint density at radius 3 is 1.87 bits per heavy atom. The third-order valence-electron chi connectivity index (χ3n) is 4.48. The van der Waals surface area contributed by atoms with Crippen LogP contribution in [0.4, 0.5) is 52.7 Å². The van der Waals surface area contributed by atoms with Crippen molar-refractivity contribution >= 4 is 27.5 Å². The standard InChI is InChI=1S/C16H7BrClF12N/c17-8-4-7(12(19,15(25,26)27)13(20,21)16(28,29)30)5-11(6-8,14(22,23)24)9-2-1-3-31-10(9)18/h1-5H,6H2. The van der Waals surface area contributed by atoms with Gasteiger partial charge in [-0.15, -0.1) is 0 Å². The molecule has 2 rings (SSSR count). The minimum Gasteiger partial charge on any atom is -0.244 e. The molecule has 15 heteroatoms. The highest BCUT2D eigenvalue weighted by Crippen LogP contribution is 2.60. The Kier molecular flexibility index (Phi) is 6.30. The van der Waals surface area contributed by atoms with E-state index < -0.39 is 68.8 Å². The Balaban J connectivity index is 2.98. The van der Waals surface area contributed by atoms with Gasteiger partial charge in [0.25, 0.3) is 0 Å². The van der Waals surface area contributed by atoms with E-state index in [9.17, 15) is 52.7 Å². The molecule has 0 radical (unpaired) electrons. The van der Waals surface area contributed by atoms with Crippen LogP contribution in [0.25, 0.3) is 0 Å². The van der Waals surface area contributed by atoms with Crippen LogP contribution in [0.15, 0.2) is 40.5 Å². The largest absolute Gasteiger partial charge is 0.457 e. The Bertz CT molecular complexity index is 916. The van der Waals surface area contributed by atoms with Gasteiger partial charge in [-0.2, -0.15) is 48.3 Å².